The van der Waals surface area contributed by atoms with E-state index in [1.807, 2.05) is 59.1 Å². The van der Waals surface area contributed by atoms with Crippen molar-refractivity contribution in [2.24, 2.45) is 0 Å². The van der Waals surface area contributed by atoms with E-state index in [0.717, 1.165) is 33.5 Å². The maximum atomic E-state index is 13.4. The van der Waals surface area contributed by atoms with Crippen LogP contribution < -0.4 is 4.90 Å². The van der Waals surface area contributed by atoms with Crippen molar-refractivity contribution in [3.05, 3.63) is 57.6 Å². The number of hydrogen-bond acceptors (Lipinski definition) is 4. The zero-order valence-corrected chi connectivity index (χ0v) is 17.9. The highest BCUT2D eigenvalue weighted by atomic mass is 35.5. The second-order valence-corrected chi connectivity index (χ2v) is 8.56. The van der Waals surface area contributed by atoms with E-state index in [2.05, 4.69) is 11.0 Å². The average Bonchev–Trinajstić information content (AvgIpc) is 3.03. The summed E-state index contributed by atoms with van der Waals surface area (Å²) in [6.45, 7) is 7.34. The Morgan fingerprint density at radius 2 is 1.74 bits per heavy atom. The summed E-state index contributed by atoms with van der Waals surface area (Å²) in [5.41, 5.74) is 4.77. The van der Waals surface area contributed by atoms with E-state index in [4.69, 9.17) is 16.6 Å². The van der Waals surface area contributed by atoms with Gasteiger partial charge in [-0.25, -0.2) is 4.98 Å². The number of aromatic nitrogens is 1. The highest BCUT2D eigenvalue weighted by Crippen LogP contribution is 2.36. The number of thiazole rings is 1. The Labute approximate surface area is 169 Å². The molecule has 0 aliphatic rings. The van der Waals surface area contributed by atoms with Crippen molar-refractivity contribution in [1.82, 2.24) is 9.88 Å². The predicted octanol–water partition coefficient (Wildman–Crippen LogP) is 5.08. The summed E-state index contributed by atoms with van der Waals surface area (Å²) in [5.74, 6) is -0.0310. The molecule has 0 fully saturated rings. The molecule has 3 rings (SSSR count). The van der Waals surface area contributed by atoms with Crippen LogP contribution in [-0.4, -0.2) is 43.0 Å². The molecule has 0 aliphatic carbocycles. The fourth-order valence-electron chi connectivity index (χ4n) is 3.04. The van der Waals surface area contributed by atoms with Crippen LogP contribution in [0.1, 0.15) is 27.0 Å². The predicted molar refractivity (Wildman–Crippen MR) is 116 cm³/mol. The van der Waals surface area contributed by atoms with Crippen LogP contribution in [0.3, 0.4) is 0 Å². The summed E-state index contributed by atoms with van der Waals surface area (Å²) in [5, 5.41) is 1.36. The topological polar surface area (TPSA) is 36.4 Å². The fourth-order valence-corrected chi connectivity index (χ4v) is 4.39. The highest BCUT2D eigenvalue weighted by Gasteiger charge is 2.23. The van der Waals surface area contributed by atoms with Crippen molar-refractivity contribution < 1.29 is 4.79 Å². The van der Waals surface area contributed by atoms with Gasteiger partial charge in [0.1, 0.15) is 0 Å². The normalized spacial score (nSPS) is 11.4. The standard InChI is InChI=1S/C21H24ClN3OS/c1-13-10-14(2)12-16(11-13)20(26)25(9-8-24(4)5)21-23-18-15(3)6-7-17(22)19(18)27-21/h6-7,10-12H,8-9H2,1-5H3. The Hall–Kier alpha value is -1.95. The van der Waals surface area contributed by atoms with Gasteiger partial charge in [-0.1, -0.05) is 46.2 Å². The SMILES string of the molecule is Cc1cc(C)cc(C(=O)N(CCN(C)C)c2nc3c(C)ccc(Cl)c3s2)c1. The third-order valence-electron chi connectivity index (χ3n) is 4.40. The minimum absolute atomic E-state index is 0.0310. The van der Waals surface area contributed by atoms with E-state index in [-0.39, 0.29) is 5.91 Å². The molecule has 0 saturated carbocycles. The molecule has 1 aromatic heterocycles. The first kappa shape index (κ1) is 19.8. The fraction of sp³-hybridized carbons (Fsp3) is 0.333. The third kappa shape index (κ3) is 4.32. The Morgan fingerprint density at radius 1 is 1.07 bits per heavy atom. The molecule has 142 valence electrons. The molecule has 2 aromatic carbocycles. The molecular weight excluding hydrogens is 378 g/mol. The van der Waals surface area contributed by atoms with Gasteiger partial charge in [-0.2, -0.15) is 0 Å². The van der Waals surface area contributed by atoms with Gasteiger partial charge in [-0.05, 0) is 58.6 Å². The Kier molecular flexibility index (Phi) is 5.84. The quantitative estimate of drug-likeness (QED) is 0.597. The van der Waals surface area contributed by atoms with Gasteiger partial charge in [0.05, 0.1) is 15.2 Å². The summed E-state index contributed by atoms with van der Waals surface area (Å²) in [6.07, 6.45) is 0. The zero-order chi connectivity index (χ0) is 19.7. The molecule has 0 bridgehead atoms. The summed E-state index contributed by atoms with van der Waals surface area (Å²) in [4.78, 5) is 21.9. The Balaban J connectivity index is 2.07. The number of carbonyl (C=O) groups is 1. The van der Waals surface area contributed by atoms with Crippen LogP contribution in [0.25, 0.3) is 10.2 Å². The molecule has 0 saturated heterocycles. The molecule has 0 radical (unpaired) electrons. The van der Waals surface area contributed by atoms with Crippen LogP contribution in [0.4, 0.5) is 5.13 Å². The van der Waals surface area contributed by atoms with Crippen molar-refractivity contribution in [2.45, 2.75) is 20.8 Å². The molecule has 0 atom stereocenters. The molecule has 0 N–H and O–H groups in total. The molecule has 4 nitrogen and oxygen atoms in total. The lowest BCUT2D eigenvalue weighted by Gasteiger charge is -2.22. The molecular formula is C21H24ClN3OS. The molecule has 3 aromatic rings. The van der Waals surface area contributed by atoms with Gasteiger partial charge in [-0.15, -0.1) is 0 Å². The number of likely N-dealkylation sites (N-methyl/N-ethyl adjacent to an activating group) is 1. The molecule has 1 amide bonds. The number of aryl methyl sites for hydroxylation is 3. The number of halogens is 1. The second-order valence-electron chi connectivity index (χ2n) is 7.17. The van der Waals surface area contributed by atoms with Crippen LogP contribution in [0.15, 0.2) is 30.3 Å². The molecule has 1 heterocycles. The number of nitrogens with zero attached hydrogens (tertiary/aromatic N) is 3. The van der Waals surface area contributed by atoms with Gasteiger partial charge in [0.15, 0.2) is 5.13 Å². The van der Waals surface area contributed by atoms with E-state index < -0.39 is 0 Å². The lowest BCUT2D eigenvalue weighted by molar-refractivity contribution is 0.0985. The van der Waals surface area contributed by atoms with Crippen LogP contribution in [0, 0.1) is 20.8 Å². The van der Waals surface area contributed by atoms with E-state index in [1.54, 1.807) is 4.90 Å². The van der Waals surface area contributed by atoms with Crippen LogP contribution in [0.5, 0.6) is 0 Å². The van der Waals surface area contributed by atoms with Gasteiger partial charge in [0.2, 0.25) is 0 Å². The summed E-state index contributed by atoms with van der Waals surface area (Å²) >= 11 is 7.84. The van der Waals surface area contributed by atoms with Gasteiger partial charge in [-0.3, -0.25) is 9.69 Å². The summed E-state index contributed by atoms with van der Waals surface area (Å²) in [7, 11) is 4.00. The van der Waals surface area contributed by atoms with Crippen molar-refractivity contribution in [1.29, 1.82) is 0 Å². The molecule has 6 heteroatoms. The largest absolute Gasteiger partial charge is 0.308 e. The van der Waals surface area contributed by atoms with Gasteiger partial charge >= 0.3 is 0 Å². The Bertz CT molecular complexity index is 937. The molecule has 0 aliphatic heterocycles. The number of rotatable bonds is 5. The smallest absolute Gasteiger partial charge is 0.260 e. The first-order valence-electron chi connectivity index (χ1n) is 8.87. The zero-order valence-electron chi connectivity index (χ0n) is 16.3. The van der Waals surface area contributed by atoms with Crippen molar-refractivity contribution in [2.75, 3.05) is 32.1 Å². The summed E-state index contributed by atoms with van der Waals surface area (Å²) < 4.78 is 0.926. The first-order chi connectivity index (χ1) is 12.8. The van der Waals surface area contributed by atoms with Gasteiger partial charge in [0, 0.05) is 18.7 Å². The third-order valence-corrected chi connectivity index (χ3v) is 5.94. The maximum Gasteiger partial charge on any atom is 0.260 e. The lowest BCUT2D eigenvalue weighted by Crippen LogP contribution is -2.36. The van der Waals surface area contributed by atoms with Crippen molar-refractivity contribution in [3.63, 3.8) is 0 Å². The van der Waals surface area contributed by atoms with Gasteiger partial charge in [0.25, 0.3) is 5.91 Å². The average molecular weight is 402 g/mol. The maximum absolute atomic E-state index is 13.4. The van der Waals surface area contributed by atoms with E-state index in [9.17, 15) is 4.79 Å². The minimum atomic E-state index is -0.0310. The number of hydrogen-bond donors (Lipinski definition) is 0. The first-order valence-corrected chi connectivity index (χ1v) is 10.1. The van der Waals surface area contributed by atoms with Gasteiger partial charge < -0.3 is 4.90 Å². The van der Waals surface area contributed by atoms with E-state index >= 15 is 0 Å². The van der Waals surface area contributed by atoms with Crippen LogP contribution in [-0.2, 0) is 0 Å². The number of amides is 1. The number of anilines is 1. The van der Waals surface area contributed by atoms with E-state index in [1.165, 1.54) is 11.3 Å². The number of carbonyl (C=O) groups excluding carboxylic acids is 1. The molecule has 0 spiro atoms. The van der Waals surface area contributed by atoms with Crippen molar-refractivity contribution in [3.8, 4) is 0 Å². The summed E-state index contributed by atoms with van der Waals surface area (Å²) in [6, 6.07) is 9.79. The lowest BCUT2D eigenvalue weighted by atomic mass is 10.1. The van der Waals surface area contributed by atoms with Crippen LogP contribution >= 0.6 is 22.9 Å². The second kappa shape index (κ2) is 7.97. The number of benzene rings is 2. The Morgan fingerprint density at radius 3 is 2.33 bits per heavy atom. The van der Waals surface area contributed by atoms with E-state index in [0.29, 0.717) is 22.3 Å². The number of fused-ring (bicyclic) bond motifs is 1. The highest BCUT2D eigenvalue weighted by molar-refractivity contribution is 7.23. The monoisotopic (exact) mass is 401 g/mol. The van der Waals surface area contributed by atoms with Crippen molar-refractivity contribution >= 4 is 44.2 Å². The minimum Gasteiger partial charge on any atom is -0.308 e. The molecule has 27 heavy (non-hydrogen) atoms. The van der Waals surface area contributed by atoms with Crippen LogP contribution in [0.2, 0.25) is 5.02 Å². The molecule has 0 unspecified atom stereocenters.